The predicted octanol–water partition coefficient (Wildman–Crippen LogP) is 6.37. The molecule has 1 aliphatic heterocycles. The molecule has 32 heavy (non-hydrogen) atoms. The van der Waals surface area contributed by atoms with E-state index in [0.29, 0.717) is 18.4 Å². The number of ether oxygens (including phenoxy) is 1. The molecule has 1 aliphatic carbocycles. The number of benzene rings is 2. The van der Waals surface area contributed by atoms with E-state index in [1.807, 2.05) is 6.20 Å². The maximum Gasteiger partial charge on any atom is 0.128 e. The van der Waals surface area contributed by atoms with Crippen molar-refractivity contribution in [3.63, 3.8) is 0 Å². The third kappa shape index (κ3) is 2.99. The van der Waals surface area contributed by atoms with E-state index in [4.69, 9.17) is 9.72 Å². The molecule has 5 nitrogen and oxygen atoms in total. The number of aromatic nitrogens is 4. The van der Waals surface area contributed by atoms with Crippen LogP contribution < -0.4 is 4.74 Å². The first-order chi connectivity index (χ1) is 15.5. The van der Waals surface area contributed by atoms with Gasteiger partial charge < -0.3 is 14.7 Å². The number of nitrogens with one attached hydrogen (secondary N) is 2. The normalized spacial score (nSPS) is 14.1. The Kier molecular flexibility index (Phi) is 4.29. The smallest absolute Gasteiger partial charge is 0.128 e. The zero-order valence-corrected chi connectivity index (χ0v) is 19.0. The maximum absolute atomic E-state index is 6.26. The Morgan fingerprint density at radius 3 is 2.47 bits per heavy atom. The van der Waals surface area contributed by atoms with Gasteiger partial charge in [0.1, 0.15) is 24.0 Å². The Hall–Kier alpha value is -3.34. The molecule has 2 aromatic carbocycles. The quantitative estimate of drug-likeness (QED) is 0.401. The van der Waals surface area contributed by atoms with Crippen molar-refractivity contribution in [2.75, 3.05) is 0 Å². The topological polar surface area (TPSA) is 66.6 Å². The van der Waals surface area contributed by atoms with Crippen LogP contribution in [0.15, 0.2) is 36.5 Å². The number of fused-ring (bicyclic) bond motifs is 6. The number of hydrogen-bond acceptors (Lipinski definition) is 3. The molecule has 0 unspecified atom stereocenters. The lowest BCUT2D eigenvalue weighted by molar-refractivity contribution is 0.302. The van der Waals surface area contributed by atoms with E-state index < -0.39 is 0 Å². The number of rotatable bonds is 3. The summed E-state index contributed by atoms with van der Waals surface area (Å²) in [5.41, 5.74) is 10.8. The highest BCUT2D eigenvalue weighted by Crippen LogP contribution is 2.44. The summed E-state index contributed by atoms with van der Waals surface area (Å²) >= 11 is 0. The molecule has 0 amide bonds. The average Bonchev–Trinajstić information content (AvgIpc) is 3.45. The summed E-state index contributed by atoms with van der Waals surface area (Å²) in [4.78, 5) is 16.4. The Morgan fingerprint density at radius 1 is 0.844 bits per heavy atom. The van der Waals surface area contributed by atoms with Crippen LogP contribution in [0.25, 0.3) is 33.6 Å². The Bertz CT molecular complexity index is 1340. The monoisotopic (exact) mass is 424 g/mol. The molecule has 0 spiro atoms. The lowest BCUT2D eigenvalue weighted by Crippen LogP contribution is -2.09. The molecule has 162 valence electrons. The lowest BCUT2D eigenvalue weighted by atomic mass is 9.86. The van der Waals surface area contributed by atoms with E-state index in [1.54, 1.807) is 0 Å². The van der Waals surface area contributed by atoms with Crippen molar-refractivity contribution in [2.24, 2.45) is 0 Å². The summed E-state index contributed by atoms with van der Waals surface area (Å²) in [5, 5.41) is 0. The van der Waals surface area contributed by atoms with E-state index in [-0.39, 0.29) is 0 Å². The van der Waals surface area contributed by atoms with Crippen molar-refractivity contribution in [1.29, 1.82) is 0 Å². The van der Waals surface area contributed by atoms with Crippen molar-refractivity contribution in [1.82, 2.24) is 19.9 Å². The van der Waals surface area contributed by atoms with Crippen LogP contribution in [-0.4, -0.2) is 19.9 Å². The fraction of sp³-hybridized carbons (Fsp3) is 0.333. The van der Waals surface area contributed by atoms with E-state index in [1.165, 1.54) is 39.2 Å². The molecule has 6 rings (SSSR count). The molecule has 0 saturated carbocycles. The standard InChI is InChI=1S/C27H28N4O/c1-14(2)26-28-12-23(30-26)17-5-7-19-18(9-17)13-32-24-11-20-16(10-21(19)24)6-8-22-25(20)31-27(29-22)15(3)4/h5,7,9-12,14-15H,6,8,13H2,1-4H3,(H,28,30)(H,29,31). The summed E-state index contributed by atoms with van der Waals surface area (Å²) in [7, 11) is 0. The van der Waals surface area contributed by atoms with Crippen molar-refractivity contribution in [3.05, 3.63) is 65.0 Å². The van der Waals surface area contributed by atoms with Gasteiger partial charge in [-0.2, -0.15) is 0 Å². The molecule has 0 atom stereocenters. The minimum atomic E-state index is 0.384. The van der Waals surface area contributed by atoms with Crippen LogP contribution >= 0.6 is 0 Å². The second-order valence-corrected chi connectivity index (χ2v) is 9.60. The van der Waals surface area contributed by atoms with Gasteiger partial charge >= 0.3 is 0 Å². The third-order valence-electron chi connectivity index (χ3n) is 6.68. The minimum absolute atomic E-state index is 0.384. The van der Waals surface area contributed by atoms with Crippen molar-refractivity contribution in [3.8, 4) is 39.4 Å². The Balaban J connectivity index is 1.40. The van der Waals surface area contributed by atoms with Gasteiger partial charge in [0, 0.05) is 23.0 Å². The van der Waals surface area contributed by atoms with Crippen LogP contribution in [0, 0.1) is 0 Å². The molecular formula is C27H28N4O. The number of nitrogens with zero attached hydrogens (tertiary/aromatic N) is 2. The van der Waals surface area contributed by atoms with Gasteiger partial charge in [-0.05, 0) is 53.3 Å². The molecule has 0 radical (unpaired) electrons. The van der Waals surface area contributed by atoms with Crippen LogP contribution in [0.5, 0.6) is 5.75 Å². The van der Waals surface area contributed by atoms with Crippen molar-refractivity contribution >= 4 is 0 Å². The first-order valence-electron chi connectivity index (χ1n) is 11.6. The van der Waals surface area contributed by atoms with Gasteiger partial charge in [0.15, 0.2) is 0 Å². The van der Waals surface area contributed by atoms with E-state index in [2.05, 4.69) is 73.0 Å². The highest BCUT2D eigenvalue weighted by molar-refractivity contribution is 5.83. The molecular weight excluding hydrogens is 396 g/mol. The summed E-state index contributed by atoms with van der Waals surface area (Å²) in [6, 6.07) is 11.2. The Labute approximate surface area is 188 Å². The molecule has 2 N–H and O–H groups in total. The zero-order chi connectivity index (χ0) is 22.0. The second-order valence-electron chi connectivity index (χ2n) is 9.60. The highest BCUT2D eigenvalue weighted by Gasteiger charge is 2.26. The van der Waals surface area contributed by atoms with Gasteiger partial charge in [-0.1, -0.05) is 39.8 Å². The van der Waals surface area contributed by atoms with Crippen LogP contribution in [0.3, 0.4) is 0 Å². The number of hydrogen-bond donors (Lipinski definition) is 2. The third-order valence-corrected chi connectivity index (χ3v) is 6.68. The van der Waals surface area contributed by atoms with Crippen LogP contribution in [-0.2, 0) is 19.4 Å². The SMILES string of the molecule is CC(C)c1ncc(-c2ccc3c(c2)COc2cc4c(cc2-3)CCc2nc(C(C)C)[nH]c2-4)[nH]1. The number of imidazole rings is 2. The van der Waals surface area contributed by atoms with E-state index in [0.717, 1.165) is 41.5 Å². The molecule has 0 fully saturated rings. The van der Waals surface area contributed by atoms with Crippen LogP contribution in [0.1, 0.15) is 68.0 Å². The molecule has 2 aliphatic rings. The Morgan fingerprint density at radius 2 is 1.69 bits per heavy atom. The summed E-state index contributed by atoms with van der Waals surface area (Å²) in [6.07, 6.45) is 3.92. The van der Waals surface area contributed by atoms with Gasteiger partial charge in [-0.3, -0.25) is 0 Å². The first-order valence-corrected chi connectivity index (χ1v) is 11.6. The van der Waals surface area contributed by atoms with Crippen LogP contribution in [0.4, 0.5) is 0 Å². The van der Waals surface area contributed by atoms with E-state index in [9.17, 15) is 0 Å². The largest absolute Gasteiger partial charge is 0.488 e. The highest BCUT2D eigenvalue weighted by atomic mass is 16.5. The minimum Gasteiger partial charge on any atom is -0.488 e. The summed E-state index contributed by atoms with van der Waals surface area (Å²) < 4.78 is 6.26. The van der Waals surface area contributed by atoms with Crippen molar-refractivity contribution < 1.29 is 4.74 Å². The number of aromatic amines is 2. The van der Waals surface area contributed by atoms with Gasteiger partial charge in [0.25, 0.3) is 0 Å². The van der Waals surface area contributed by atoms with Gasteiger partial charge in [0.2, 0.25) is 0 Å². The molecule has 0 bridgehead atoms. The first kappa shape index (κ1) is 19.4. The lowest BCUT2D eigenvalue weighted by Gasteiger charge is -2.25. The summed E-state index contributed by atoms with van der Waals surface area (Å²) in [5.74, 6) is 3.82. The van der Waals surface area contributed by atoms with Gasteiger partial charge in [-0.25, -0.2) is 9.97 Å². The fourth-order valence-electron chi connectivity index (χ4n) is 4.83. The molecule has 0 saturated heterocycles. The predicted molar refractivity (Wildman–Crippen MR) is 127 cm³/mol. The number of aryl methyl sites for hydroxylation is 2. The van der Waals surface area contributed by atoms with Crippen molar-refractivity contribution in [2.45, 2.75) is 59.0 Å². The average molecular weight is 425 g/mol. The molecule has 2 aromatic heterocycles. The second kappa shape index (κ2) is 7.09. The van der Waals surface area contributed by atoms with Gasteiger partial charge in [-0.15, -0.1) is 0 Å². The molecule has 5 heteroatoms. The molecule has 3 heterocycles. The van der Waals surface area contributed by atoms with E-state index >= 15 is 0 Å². The number of H-pyrrole nitrogens is 2. The fourth-order valence-corrected chi connectivity index (χ4v) is 4.83. The van der Waals surface area contributed by atoms with Gasteiger partial charge in [0.05, 0.1) is 23.3 Å². The van der Waals surface area contributed by atoms with Crippen LogP contribution in [0.2, 0.25) is 0 Å². The zero-order valence-electron chi connectivity index (χ0n) is 19.0. The molecule has 4 aromatic rings. The summed E-state index contributed by atoms with van der Waals surface area (Å²) in [6.45, 7) is 9.24. The maximum atomic E-state index is 6.26.